The fourth-order valence-electron chi connectivity index (χ4n) is 4.10. The average Bonchev–Trinajstić information content (AvgIpc) is 2.86. The second-order valence-corrected chi connectivity index (χ2v) is 8.76. The highest BCUT2D eigenvalue weighted by Gasteiger charge is 2.31. The lowest BCUT2D eigenvalue weighted by Gasteiger charge is -2.39. The van der Waals surface area contributed by atoms with Crippen molar-refractivity contribution >= 4 is 34.5 Å². The first kappa shape index (κ1) is 23.8. The first-order chi connectivity index (χ1) is 16.4. The van der Waals surface area contributed by atoms with E-state index in [9.17, 15) is 9.59 Å². The van der Waals surface area contributed by atoms with Gasteiger partial charge in [0.15, 0.2) is 0 Å². The lowest BCUT2D eigenvalue weighted by Crippen LogP contribution is -2.55. The van der Waals surface area contributed by atoms with Gasteiger partial charge in [-0.1, -0.05) is 24.6 Å². The molecule has 0 N–H and O–H groups in total. The molecule has 2 aromatic carbocycles. The molecule has 0 spiro atoms. The SMILES string of the molecule is CCCOC(=O)N1CCN(C(=O)c2ccc3c(Cl)cc(-c4ccc(OC)cc4)nc3c2)C[C@H]1C. The molecule has 1 aliphatic rings. The number of amides is 2. The van der Waals surface area contributed by atoms with Gasteiger partial charge in [0.25, 0.3) is 5.91 Å². The zero-order chi connectivity index (χ0) is 24.2. The maximum Gasteiger partial charge on any atom is 0.410 e. The van der Waals surface area contributed by atoms with Crippen LogP contribution in [0.5, 0.6) is 5.75 Å². The second-order valence-electron chi connectivity index (χ2n) is 8.36. The molecule has 0 unspecified atom stereocenters. The van der Waals surface area contributed by atoms with Crippen LogP contribution < -0.4 is 4.74 Å². The molecule has 1 saturated heterocycles. The Kier molecular flexibility index (Phi) is 7.22. The molecule has 2 amide bonds. The van der Waals surface area contributed by atoms with Gasteiger partial charge < -0.3 is 19.3 Å². The third-order valence-electron chi connectivity index (χ3n) is 5.97. The molecule has 0 bridgehead atoms. The van der Waals surface area contributed by atoms with Gasteiger partial charge in [0, 0.05) is 42.2 Å². The summed E-state index contributed by atoms with van der Waals surface area (Å²) in [5, 5.41) is 1.36. The number of fused-ring (bicyclic) bond motifs is 1. The quantitative estimate of drug-likeness (QED) is 0.497. The Bertz CT molecular complexity index is 1200. The smallest absolute Gasteiger partial charge is 0.410 e. The highest BCUT2D eigenvalue weighted by atomic mass is 35.5. The van der Waals surface area contributed by atoms with Crippen molar-refractivity contribution in [2.45, 2.75) is 26.3 Å². The van der Waals surface area contributed by atoms with E-state index < -0.39 is 0 Å². The fraction of sp³-hybridized carbons (Fsp3) is 0.346. The van der Waals surface area contributed by atoms with Gasteiger partial charge in [-0.2, -0.15) is 0 Å². The summed E-state index contributed by atoms with van der Waals surface area (Å²) >= 11 is 6.54. The number of pyridine rings is 1. The Morgan fingerprint density at radius 2 is 1.88 bits per heavy atom. The third kappa shape index (κ3) is 4.94. The summed E-state index contributed by atoms with van der Waals surface area (Å²) < 4.78 is 10.5. The number of ether oxygens (including phenoxy) is 2. The van der Waals surface area contributed by atoms with Crippen LogP contribution in [0.25, 0.3) is 22.2 Å². The number of piperazine rings is 1. The highest BCUT2D eigenvalue weighted by Crippen LogP contribution is 2.30. The van der Waals surface area contributed by atoms with Gasteiger partial charge in [-0.15, -0.1) is 0 Å². The summed E-state index contributed by atoms with van der Waals surface area (Å²) in [6, 6.07) is 14.7. The molecule has 0 saturated carbocycles. The second kappa shape index (κ2) is 10.3. The van der Waals surface area contributed by atoms with Crippen molar-refractivity contribution in [2.24, 2.45) is 0 Å². The number of methoxy groups -OCH3 is 1. The Labute approximate surface area is 204 Å². The summed E-state index contributed by atoms with van der Waals surface area (Å²) in [6.07, 6.45) is 0.454. The number of nitrogens with zero attached hydrogens (tertiary/aromatic N) is 3. The summed E-state index contributed by atoms with van der Waals surface area (Å²) in [5.74, 6) is 0.666. The fourth-order valence-corrected chi connectivity index (χ4v) is 4.36. The first-order valence-electron chi connectivity index (χ1n) is 11.4. The van der Waals surface area contributed by atoms with Crippen molar-refractivity contribution < 1.29 is 19.1 Å². The Morgan fingerprint density at radius 1 is 1.12 bits per heavy atom. The van der Waals surface area contributed by atoms with E-state index in [1.165, 1.54) is 0 Å². The summed E-state index contributed by atoms with van der Waals surface area (Å²) in [6.45, 7) is 5.61. The number of hydrogen-bond donors (Lipinski definition) is 0. The lowest BCUT2D eigenvalue weighted by atomic mass is 10.1. The van der Waals surface area contributed by atoms with Crippen molar-refractivity contribution in [2.75, 3.05) is 33.4 Å². The predicted octanol–water partition coefficient (Wildman–Crippen LogP) is 5.26. The number of benzene rings is 2. The minimum atomic E-state index is -0.322. The van der Waals surface area contributed by atoms with Gasteiger partial charge in [0.2, 0.25) is 0 Å². The molecule has 1 fully saturated rings. The minimum absolute atomic E-state index is 0.0944. The molecule has 4 rings (SSSR count). The van der Waals surface area contributed by atoms with Gasteiger partial charge in [0.1, 0.15) is 5.75 Å². The molecular weight excluding hydrogens is 454 g/mol. The molecule has 1 atom stereocenters. The molecule has 3 aromatic rings. The lowest BCUT2D eigenvalue weighted by molar-refractivity contribution is 0.0412. The standard InChI is InChI=1S/C26H28ClN3O4/c1-4-13-34-26(32)30-12-11-29(16-17(30)2)25(31)19-7-10-21-22(27)15-23(28-24(21)14-19)18-5-8-20(33-3)9-6-18/h5-10,14-15,17H,4,11-13,16H2,1-3H3/t17-/m1/s1. The maximum absolute atomic E-state index is 13.3. The van der Waals surface area contributed by atoms with Crippen LogP contribution in [0.3, 0.4) is 0 Å². The van der Waals surface area contributed by atoms with Crippen molar-refractivity contribution in [1.29, 1.82) is 0 Å². The number of rotatable bonds is 5. The number of aromatic nitrogens is 1. The van der Waals surface area contributed by atoms with Crippen LogP contribution in [0.15, 0.2) is 48.5 Å². The van der Waals surface area contributed by atoms with Crippen LogP contribution >= 0.6 is 11.6 Å². The summed E-state index contributed by atoms with van der Waals surface area (Å²) in [4.78, 5) is 33.7. The Hall–Kier alpha value is -3.32. The van der Waals surface area contributed by atoms with Gasteiger partial charge in [-0.3, -0.25) is 4.79 Å². The zero-order valence-electron chi connectivity index (χ0n) is 19.6. The van der Waals surface area contributed by atoms with E-state index in [1.54, 1.807) is 29.0 Å². The highest BCUT2D eigenvalue weighted by molar-refractivity contribution is 6.35. The monoisotopic (exact) mass is 481 g/mol. The van der Waals surface area contributed by atoms with Gasteiger partial charge in [-0.05, 0) is 55.8 Å². The minimum Gasteiger partial charge on any atom is -0.497 e. The van der Waals surface area contributed by atoms with Crippen molar-refractivity contribution in [3.05, 3.63) is 59.1 Å². The summed E-state index contributed by atoms with van der Waals surface area (Å²) in [5.41, 5.74) is 2.81. The number of carbonyl (C=O) groups is 2. The van der Waals surface area contributed by atoms with Crippen LogP contribution in [0.2, 0.25) is 5.02 Å². The van der Waals surface area contributed by atoms with E-state index in [-0.39, 0.29) is 18.0 Å². The molecule has 0 radical (unpaired) electrons. The molecule has 178 valence electrons. The Morgan fingerprint density at radius 3 is 2.56 bits per heavy atom. The Balaban J connectivity index is 1.55. The molecule has 0 aliphatic carbocycles. The van der Waals surface area contributed by atoms with E-state index in [0.29, 0.717) is 42.3 Å². The number of carbonyl (C=O) groups excluding carboxylic acids is 2. The first-order valence-corrected chi connectivity index (χ1v) is 11.8. The van der Waals surface area contributed by atoms with Gasteiger partial charge in [-0.25, -0.2) is 9.78 Å². The van der Waals surface area contributed by atoms with Crippen LogP contribution in [0.4, 0.5) is 4.79 Å². The van der Waals surface area contributed by atoms with E-state index >= 15 is 0 Å². The molecule has 1 aromatic heterocycles. The van der Waals surface area contributed by atoms with Crippen LogP contribution in [-0.2, 0) is 4.74 Å². The van der Waals surface area contributed by atoms with Crippen LogP contribution in [-0.4, -0.2) is 66.2 Å². The predicted molar refractivity (Wildman–Crippen MR) is 132 cm³/mol. The van der Waals surface area contributed by atoms with Crippen molar-refractivity contribution in [3.8, 4) is 17.0 Å². The molecule has 34 heavy (non-hydrogen) atoms. The van der Waals surface area contributed by atoms with Crippen molar-refractivity contribution in [1.82, 2.24) is 14.8 Å². The normalized spacial score (nSPS) is 15.9. The molecule has 1 aliphatic heterocycles. The maximum atomic E-state index is 13.3. The van der Waals surface area contributed by atoms with E-state index in [4.69, 9.17) is 26.1 Å². The molecule has 8 heteroatoms. The van der Waals surface area contributed by atoms with E-state index in [0.717, 1.165) is 28.8 Å². The van der Waals surface area contributed by atoms with Gasteiger partial charge >= 0.3 is 6.09 Å². The third-order valence-corrected chi connectivity index (χ3v) is 6.28. The summed E-state index contributed by atoms with van der Waals surface area (Å²) in [7, 11) is 1.62. The van der Waals surface area contributed by atoms with Crippen LogP contribution in [0, 0.1) is 0 Å². The molecular formula is C26H28ClN3O4. The van der Waals surface area contributed by atoms with Crippen molar-refractivity contribution in [3.63, 3.8) is 0 Å². The molecule has 7 nitrogen and oxygen atoms in total. The van der Waals surface area contributed by atoms with E-state index in [2.05, 4.69) is 0 Å². The molecule has 2 heterocycles. The number of hydrogen-bond acceptors (Lipinski definition) is 5. The largest absolute Gasteiger partial charge is 0.497 e. The zero-order valence-corrected chi connectivity index (χ0v) is 20.3. The average molecular weight is 482 g/mol. The van der Waals surface area contributed by atoms with Gasteiger partial charge in [0.05, 0.1) is 29.9 Å². The topological polar surface area (TPSA) is 72.0 Å². The number of halogens is 1. The van der Waals surface area contributed by atoms with Crippen LogP contribution in [0.1, 0.15) is 30.6 Å². The van der Waals surface area contributed by atoms with E-state index in [1.807, 2.05) is 50.2 Å².